The summed E-state index contributed by atoms with van der Waals surface area (Å²) in [7, 11) is 1.67. The van der Waals surface area contributed by atoms with Gasteiger partial charge < -0.3 is 20.1 Å². The van der Waals surface area contributed by atoms with Crippen molar-refractivity contribution in [2.24, 2.45) is 0 Å². The normalized spacial score (nSPS) is 21.4. The molecule has 4 heterocycles. The number of imidazole rings is 1. The summed E-state index contributed by atoms with van der Waals surface area (Å²) in [6.45, 7) is 6.85. The molecule has 0 spiro atoms. The van der Waals surface area contributed by atoms with Crippen LogP contribution < -0.4 is 15.5 Å². The van der Waals surface area contributed by atoms with Crippen molar-refractivity contribution in [2.75, 3.05) is 36.9 Å². The maximum Gasteiger partial charge on any atom is 0.326 e. The van der Waals surface area contributed by atoms with E-state index in [1.807, 2.05) is 36.1 Å². The lowest BCUT2D eigenvalue weighted by Crippen LogP contribution is -2.46. The van der Waals surface area contributed by atoms with E-state index in [-0.39, 0.29) is 17.9 Å². The predicted octanol–water partition coefficient (Wildman–Crippen LogP) is 5.63. The molecule has 3 aliphatic rings. The molecule has 2 fully saturated rings. The topological polar surface area (TPSA) is 85.7 Å². The molecule has 6 rings (SSSR count). The number of carbonyl (C=O) groups is 2. The Kier molecular flexibility index (Phi) is 8.38. The van der Waals surface area contributed by atoms with E-state index in [0.29, 0.717) is 43.4 Å². The number of hydrogen-bond donors (Lipinski definition) is 2. The second-order valence-electron chi connectivity index (χ2n) is 12.2. The van der Waals surface area contributed by atoms with Gasteiger partial charge in [0.25, 0.3) is 0 Å². The Labute approximate surface area is 253 Å². The van der Waals surface area contributed by atoms with Gasteiger partial charge in [-0.25, -0.2) is 19.0 Å². The first-order valence-corrected chi connectivity index (χ1v) is 15.5. The van der Waals surface area contributed by atoms with Gasteiger partial charge in [0.2, 0.25) is 0 Å². The van der Waals surface area contributed by atoms with Gasteiger partial charge in [0, 0.05) is 68.3 Å². The summed E-state index contributed by atoms with van der Waals surface area (Å²) in [5.74, 6) is 0.733. The Morgan fingerprint density at radius 1 is 1.00 bits per heavy atom. The fourth-order valence-electron chi connectivity index (χ4n) is 7.39. The smallest absolute Gasteiger partial charge is 0.326 e. The Morgan fingerprint density at radius 2 is 1.70 bits per heavy atom. The maximum absolute atomic E-state index is 13.7. The molecule has 1 unspecified atom stereocenters. The molecule has 2 aromatic carbocycles. The number of piperidine rings is 1. The van der Waals surface area contributed by atoms with Gasteiger partial charge in [-0.3, -0.25) is 9.80 Å². The minimum Gasteiger partial charge on any atom is -0.341 e. The number of carbonyl (C=O) groups excluding carboxylic acids is 2. The second-order valence-corrected chi connectivity index (χ2v) is 12.2. The molecule has 0 radical (unpaired) electrons. The molecule has 10 heteroatoms. The molecule has 228 valence electrons. The van der Waals surface area contributed by atoms with Crippen LogP contribution in [0.1, 0.15) is 60.9 Å². The fraction of sp³-hybridized carbons (Fsp3) is 0.485. The van der Waals surface area contributed by atoms with Crippen molar-refractivity contribution in [3.63, 3.8) is 0 Å². The third-order valence-corrected chi connectivity index (χ3v) is 9.44. The van der Waals surface area contributed by atoms with E-state index >= 15 is 0 Å². The van der Waals surface area contributed by atoms with Gasteiger partial charge in [-0.2, -0.15) is 0 Å². The van der Waals surface area contributed by atoms with E-state index in [9.17, 15) is 14.0 Å². The number of benzene rings is 2. The highest BCUT2D eigenvalue weighted by atomic mass is 19.1. The first-order valence-electron chi connectivity index (χ1n) is 15.5. The number of urea groups is 2. The third kappa shape index (κ3) is 6.11. The van der Waals surface area contributed by atoms with Gasteiger partial charge in [0.15, 0.2) is 0 Å². The van der Waals surface area contributed by atoms with Crippen molar-refractivity contribution >= 4 is 23.4 Å². The molecule has 0 aliphatic carbocycles. The zero-order valence-corrected chi connectivity index (χ0v) is 25.4. The molecular weight excluding hydrogens is 545 g/mol. The van der Waals surface area contributed by atoms with Crippen LogP contribution in [-0.2, 0) is 13.0 Å². The Bertz CT molecular complexity index is 1440. The van der Waals surface area contributed by atoms with Crippen LogP contribution in [-0.4, -0.2) is 70.2 Å². The molecule has 9 nitrogen and oxygen atoms in total. The van der Waals surface area contributed by atoms with Crippen molar-refractivity contribution in [1.29, 1.82) is 0 Å². The van der Waals surface area contributed by atoms with Crippen molar-refractivity contribution < 1.29 is 14.0 Å². The lowest BCUT2D eigenvalue weighted by atomic mass is 9.95. The van der Waals surface area contributed by atoms with Crippen LogP contribution in [0.2, 0.25) is 0 Å². The Balaban J connectivity index is 1.10. The summed E-state index contributed by atoms with van der Waals surface area (Å²) in [6, 6.07) is 15.1. The largest absolute Gasteiger partial charge is 0.341 e. The number of aromatic nitrogens is 2. The molecule has 4 amide bonds. The van der Waals surface area contributed by atoms with Crippen molar-refractivity contribution in [1.82, 2.24) is 24.7 Å². The van der Waals surface area contributed by atoms with E-state index < -0.39 is 0 Å². The van der Waals surface area contributed by atoms with Crippen molar-refractivity contribution in [3.8, 4) is 0 Å². The van der Waals surface area contributed by atoms with Gasteiger partial charge in [0.1, 0.15) is 11.6 Å². The summed E-state index contributed by atoms with van der Waals surface area (Å²) in [4.78, 5) is 36.7. The van der Waals surface area contributed by atoms with Crippen molar-refractivity contribution in [3.05, 3.63) is 77.1 Å². The summed E-state index contributed by atoms with van der Waals surface area (Å²) in [6.07, 6.45) is 6.23. The molecule has 3 atom stereocenters. The van der Waals surface area contributed by atoms with Gasteiger partial charge in [-0.1, -0.05) is 17.7 Å². The van der Waals surface area contributed by atoms with Crippen LogP contribution in [0.3, 0.4) is 0 Å². The Morgan fingerprint density at radius 3 is 2.37 bits per heavy atom. The highest BCUT2D eigenvalue weighted by Gasteiger charge is 2.42. The zero-order chi connectivity index (χ0) is 30.1. The van der Waals surface area contributed by atoms with Gasteiger partial charge in [-0.15, -0.1) is 0 Å². The summed E-state index contributed by atoms with van der Waals surface area (Å²) < 4.78 is 16.2. The van der Waals surface area contributed by atoms with Crippen LogP contribution >= 0.6 is 0 Å². The molecular formula is C33H42FN7O2. The highest BCUT2D eigenvalue weighted by molar-refractivity contribution is 6.01. The third-order valence-electron chi connectivity index (χ3n) is 9.44. The SMILES string of the molecule is CNC(=O)N1CCc2c(nc(C)n2C2C[C@H]3CC[C@@H](C2)N3CCCN(C(=O)Nc2ccc(C)cc2)c2ccc(F)cc2)C1. The zero-order valence-electron chi connectivity index (χ0n) is 25.4. The molecule has 1 aromatic heterocycles. The number of anilines is 2. The van der Waals surface area contributed by atoms with Gasteiger partial charge >= 0.3 is 12.1 Å². The number of fused-ring (bicyclic) bond motifs is 3. The number of rotatable bonds is 7. The molecule has 2 N–H and O–H groups in total. The predicted molar refractivity (Wildman–Crippen MR) is 166 cm³/mol. The quantitative estimate of drug-likeness (QED) is 0.375. The number of hydrogen-bond acceptors (Lipinski definition) is 4. The average molecular weight is 588 g/mol. The maximum atomic E-state index is 13.7. The van der Waals surface area contributed by atoms with E-state index in [1.54, 1.807) is 24.1 Å². The number of aryl methyl sites for hydroxylation is 2. The second kappa shape index (κ2) is 12.4. The minimum atomic E-state index is -0.319. The highest BCUT2D eigenvalue weighted by Crippen LogP contribution is 2.42. The number of amides is 4. The molecule has 3 aliphatic heterocycles. The summed E-state index contributed by atoms with van der Waals surface area (Å²) in [5, 5.41) is 5.75. The minimum absolute atomic E-state index is 0.0465. The van der Waals surface area contributed by atoms with Crippen LogP contribution in [0.5, 0.6) is 0 Å². The molecule has 0 saturated carbocycles. The number of nitrogens with zero attached hydrogens (tertiary/aromatic N) is 5. The van der Waals surface area contributed by atoms with Gasteiger partial charge in [-0.05, 0) is 82.3 Å². The van der Waals surface area contributed by atoms with Gasteiger partial charge in [0.05, 0.1) is 12.2 Å². The van der Waals surface area contributed by atoms with Crippen LogP contribution in [0.15, 0.2) is 48.5 Å². The average Bonchev–Trinajstić information content (AvgIpc) is 3.45. The summed E-state index contributed by atoms with van der Waals surface area (Å²) >= 11 is 0. The standard InChI is InChI=1S/C33H42FN7O2/c1-22-5-9-25(10-6-22)37-33(43)40(26-11-7-24(34)8-12-26)17-4-16-39-27-13-14-28(39)20-29(19-27)41-23(2)36-30-21-38(32(42)35-3)18-15-31(30)41/h5-12,27-29H,4,13-21H2,1-3H3,(H,35,42)(H,37,43)/t27-,28+,29?. The monoisotopic (exact) mass is 587 g/mol. The van der Waals surface area contributed by atoms with E-state index in [0.717, 1.165) is 55.0 Å². The number of halogens is 1. The van der Waals surface area contributed by atoms with Crippen LogP contribution in [0.4, 0.5) is 25.4 Å². The van der Waals surface area contributed by atoms with Crippen LogP contribution in [0.25, 0.3) is 0 Å². The van der Waals surface area contributed by atoms with E-state index in [1.165, 1.54) is 30.7 Å². The van der Waals surface area contributed by atoms with Crippen LogP contribution in [0, 0.1) is 19.7 Å². The lowest BCUT2D eigenvalue weighted by molar-refractivity contribution is 0.104. The lowest BCUT2D eigenvalue weighted by Gasteiger charge is -2.41. The Hall–Kier alpha value is -3.92. The molecule has 3 aromatic rings. The summed E-state index contributed by atoms with van der Waals surface area (Å²) in [5.41, 5.74) is 4.88. The molecule has 2 saturated heterocycles. The van der Waals surface area contributed by atoms with E-state index in [4.69, 9.17) is 4.98 Å². The number of nitrogens with one attached hydrogen (secondary N) is 2. The van der Waals surface area contributed by atoms with Crippen molar-refractivity contribution in [2.45, 2.75) is 77.0 Å². The fourth-order valence-corrected chi connectivity index (χ4v) is 7.39. The van der Waals surface area contributed by atoms with E-state index in [2.05, 4.69) is 27.0 Å². The first-order chi connectivity index (χ1) is 20.8. The molecule has 2 bridgehead atoms. The molecule has 43 heavy (non-hydrogen) atoms. The first kappa shape index (κ1) is 29.2.